The Labute approximate surface area is 162 Å². The van der Waals surface area contributed by atoms with Crippen LogP contribution in [0.15, 0.2) is 35.0 Å². The average molecular weight is 398 g/mol. The van der Waals surface area contributed by atoms with E-state index in [1.165, 1.54) is 7.11 Å². The number of halogens is 2. The van der Waals surface area contributed by atoms with Crippen LogP contribution < -0.4 is 5.32 Å². The highest BCUT2D eigenvalue weighted by atomic mass is 32.1. The largest absolute Gasteiger partial charge is 0.466 e. The molecule has 1 aromatic rings. The first-order valence-electron chi connectivity index (χ1n) is 8.10. The molecular formula is C18H20F2N2O4S. The molecule has 0 saturated heterocycles. The summed E-state index contributed by atoms with van der Waals surface area (Å²) in [6.07, 6.45) is 2.68. The highest BCUT2D eigenvalue weighted by Crippen LogP contribution is 2.29. The van der Waals surface area contributed by atoms with Crippen LogP contribution >= 0.6 is 13.5 Å². The van der Waals surface area contributed by atoms with Gasteiger partial charge in [-0.05, 0) is 31.9 Å². The molecule has 3 rings (SSSR count). The van der Waals surface area contributed by atoms with Crippen LogP contribution in [0.3, 0.4) is 0 Å². The zero-order valence-electron chi connectivity index (χ0n) is 14.8. The standard InChI is InChI=1S/C18H18F2N2O4.H2S/c1-18(17(24)21-14-4-3-10(7-14)16(23)25-2)9-15(22-26-18)11-5-12(19)8-13(20)6-11;/h3,5-6,8,14H,4,7,9H2,1-2H3,(H,21,24);1H2/t14-,18?;/m0./s1. The highest BCUT2D eigenvalue weighted by Gasteiger charge is 2.43. The van der Waals surface area contributed by atoms with Gasteiger partial charge in [0, 0.05) is 29.7 Å². The fourth-order valence-corrected chi connectivity index (χ4v) is 3.00. The maximum atomic E-state index is 13.4. The van der Waals surface area contributed by atoms with Crippen molar-refractivity contribution in [2.75, 3.05) is 7.11 Å². The van der Waals surface area contributed by atoms with Gasteiger partial charge in [-0.25, -0.2) is 13.6 Å². The first-order valence-corrected chi connectivity index (χ1v) is 8.10. The molecule has 1 heterocycles. The van der Waals surface area contributed by atoms with Gasteiger partial charge in [0.15, 0.2) is 0 Å². The molecule has 146 valence electrons. The second-order valence-electron chi connectivity index (χ2n) is 6.53. The maximum absolute atomic E-state index is 13.4. The molecule has 1 N–H and O–H groups in total. The first kappa shape index (κ1) is 20.9. The van der Waals surface area contributed by atoms with E-state index in [9.17, 15) is 18.4 Å². The maximum Gasteiger partial charge on any atom is 0.333 e. The lowest BCUT2D eigenvalue weighted by atomic mass is 9.94. The summed E-state index contributed by atoms with van der Waals surface area (Å²) in [5.41, 5.74) is -0.246. The number of nitrogens with one attached hydrogen (secondary N) is 1. The molecule has 0 radical (unpaired) electrons. The van der Waals surface area contributed by atoms with Gasteiger partial charge in [-0.2, -0.15) is 13.5 Å². The lowest BCUT2D eigenvalue weighted by Crippen LogP contribution is -2.48. The average Bonchev–Trinajstić information content (AvgIpc) is 3.21. The molecule has 2 aliphatic rings. The van der Waals surface area contributed by atoms with E-state index in [-0.39, 0.29) is 31.5 Å². The summed E-state index contributed by atoms with van der Waals surface area (Å²) >= 11 is 0. The number of hydrogen-bond donors (Lipinski definition) is 1. The fraction of sp³-hybridized carbons (Fsp3) is 0.389. The van der Waals surface area contributed by atoms with Crippen LogP contribution in [0.5, 0.6) is 0 Å². The smallest absolute Gasteiger partial charge is 0.333 e. The number of esters is 1. The molecule has 0 aromatic heterocycles. The minimum absolute atomic E-state index is 0. The Morgan fingerprint density at radius 1 is 1.30 bits per heavy atom. The molecule has 0 saturated carbocycles. The molecule has 0 spiro atoms. The molecular weight excluding hydrogens is 378 g/mol. The van der Waals surface area contributed by atoms with Crippen molar-refractivity contribution in [3.63, 3.8) is 0 Å². The number of benzene rings is 1. The molecule has 1 unspecified atom stereocenters. The lowest BCUT2D eigenvalue weighted by molar-refractivity contribution is -0.142. The van der Waals surface area contributed by atoms with Crippen LogP contribution in [-0.2, 0) is 19.2 Å². The van der Waals surface area contributed by atoms with Crippen molar-refractivity contribution in [2.45, 2.75) is 37.8 Å². The summed E-state index contributed by atoms with van der Waals surface area (Å²) in [5, 5.41) is 6.65. The Bertz CT molecular complexity index is 807. The molecule has 6 nitrogen and oxygen atoms in total. The molecule has 0 fully saturated rings. The van der Waals surface area contributed by atoms with Crippen LogP contribution in [0.25, 0.3) is 0 Å². The van der Waals surface area contributed by atoms with Gasteiger partial charge in [0.2, 0.25) is 5.60 Å². The van der Waals surface area contributed by atoms with Crippen LogP contribution in [0.4, 0.5) is 8.78 Å². The summed E-state index contributed by atoms with van der Waals surface area (Å²) in [6.45, 7) is 1.55. The molecule has 9 heteroatoms. The van der Waals surface area contributed by atoms with Crippen LogP contribution in [0.1, 0.15) is 31.7 Å². The van der Waals surface area contributed by atoms with Gasteiger partial charge < -0.3 is 14.9 Å². The molecule has 0 bridgehead atoms. The first-order chi connectivity index (χ1) is 12.3. The summed E-state index contributed by atoms with van der Waals surface area (Å²) in [5.74, 6) is -2.28. The predicted molar refractivity (Wildman–Crippen MR) is 98.6 cm³/mol. The van der Waals surface area contributed by atoms with E-state index in [1.807, 2.05) is 0 Å². The molecule has 1 aliphatic heterocycles. The Morgan fingerprint density at radius 3 is 2.59 bits per heavy atom. The number of carbonyl (C=O) groups is 2. The van der Waals surface area contributed by atoms with Crippen molar-refractivity contribution in [2.24, 2.45) is 5.16 Å². The van der Waals surface area contributed by atoms with Crippen LogP contribution in [-0.4, -0.2) is 36.3 Å². The van der Waals surface area contributed by atoms with Gasteiger partial charge >= 0.3 is 5.97 Å². The Balaban J connectivity index is 0.00000261. The third kappa shape index (κ3) is 4.47. The van der Waals surface area contributed by atoms with E-state index in [1.54, 1.807) is 13.0 Å². The molecule has 2 atom stereocenters. The minimum Gasteiger partial charge on any atom is -0.466 e. The van der Waals surface area contributed by atoms with Crippen molar-refractivity contribution in [1.29, 1.82) is 0 Å². The third-order valence-corrected chi connectivity index (χ3v) is 4.44. The quantitative estimate of drug-likeness (QED) is 0.790. The van der Waals surface area contributed by atoms with Crippen molar-refractivity contribution in [3.8, 4) is 0 Å². The monoisotopic (exact) mass is 398 g/mol. The number of methoxy groups -OCH3 is 1. The molecule has 1 amide bonds. The van der Waals surface area contributed by atoms with E-state index in [0.717, 1.165) is 18.2 Å². The predicted octanol–water partition coefficient (Wildman–Crippen LogP) is 2.34. The normalized spacial score (nSPS) is 23.6. The van der Waals surface area contributed by atoms with Crippen molar-refractivity contribution in [1.82, 2.24) is 5.32 Å². The summed E-state index contributed by atoms with van der Waals surface area (Å²) in [7, 11) is 1.30. The molecule has 1 aliphatic carbocycles. The van der Waals surface area contributed by atoms with E-state index < -0.39 is 29.1 Å². The number of rotatable bonds is 4. The fourth-order valence-electron chi connectivity index (χ4n) is 3.00. The van der Waals surface area contributed by atoms with Gasteiger partial charge in [0.1, 0.15) is 11.6 Å². The number of ether oxygens (including phenoxy) is 1. The Hall–Kier alpha value is -2.42. The Kier molecular flexibility index (Phi) is 6.25. The van der Waals surface area contributed by atoms with E-state index in [2.05, 4.69) is 15.2 Å². The zero-order valence-corrected chi connectivity index (χ0v) is 15.8. The second kappa shape index (κ2) is 8.08. The van der Waals surface area contributed by atoms with Crippen molar-refractivity contribution in [3.05, 3.63) is 47.0 Å². The second-order valence-corrected chi connectivity index (χ2v) is 6.53. The summed E-state index contributed by atoms with van der Waals surface area (Å²) in [6, 6.07) is 2.79. The molecule has 1 aromatic carbocycles. The van der Waals surface area contributed by atoms with E-state index >= 15 is 0 Å². The SMILES string of the molecule is COC(=O)C1=CC[C@H](NC(=O)C2(C)CC(c3cc(F)cc(F)c3)=NO2)C1.S. The zero-order chi connectivity index (χ0) is 18.9. The summed E-state index contributed by atoms with van der Waals surface area (Å²) in [4.78, 5) is 29.4. The number of hydrogen-bond acceptors (Lipinski definition) is 5. The van der Waals surface area contributed by atoms with E-state index in [0.29, 0.717) is 24.1 Å². The van der Waals surface area contributed by atoms with Crippen molar-refractivity contribution < 1.29 is 27.9 Å². The van der Waals surface area contributed by atoms with Crippen molar-refractivity contribution >= 4 is 31.1 Å². The molecule has 27 heavy (non-hydrogen) atoms. The Morgan fingerprint density at radius 2 is 1.96 bits per heavy atom. The van der Waals surface area contributed by atoms with Gasteiger partial charge in [-0.1, -0.05) is 11.2 Å². The number of carbonyl (C=O) groups excluding carboxylic acids is 2. The van der Waals surface area contributed by atoms with Gasteiger partial charge in [0.05, 0.1) is 12.8 Å². The van der Waals surface area contributed by atoms with Gasteiger partial charge in [0.25, 0.3) is 5.91 Å². The summed E-state index contributed by atoms with van der Waals surface area (Å²) < 4.78 is 31.4. The van der Waals surface area contributed by atoms with Crippen LogP contribution in [0.2, 0.25) is 0 Å². The van der Waals surface area contributed by atoms with Gasteiger partial charge in [-0.3, -0.25) is 4.79 Å². The van der Waals surface area contributed by atoms with Gasteiger partial charge in [-0.15, -0.1) is 0 Å². The van der Waals surface area contributed by atoms with Crippen LogP contribution in [0, 0.1) is 11.6 Å². The number of oxime groups is 1. The number of nitrogens with zero attached hydrogens (tertiary/aromatic N) is 1. The minimum atomic E-state index is -1.29. The number of amides is 1. The van der Waals surface area contributed by atoms with E-state index in [4.69, 9.17) is 4.84 Å². The highest BCUT2D eigenvalue weighted by molar-refractivity contribution is 7.59. The lowest BCUT2D eigenvalue weighted by Gasteiger charge is -2.23. The topological polar surface area (TPSA) is 77.0 Å². The third-order valence-electron chi connectivity index (χ3n) is 4.44.